The number of aryl methyl sites for hydroxylation is 3. The fourth-order valence-electron chi connectivity index (χ4n) is 3.86. The first-order chi connectivity index (χ1) is 13.3. The molecule has 0 saturated carbocycles. The number of carbonyl (C=O) groups excluding carboxylic acids is 1. The fraction of sp³-hybridized carbons (Fsp3) is 0.650. The maximum atomic E-state index is 13.2. The summed E-state index contributed by atoms with van der Waals surface area (Å²) in [6, 6.07) is -0.125. The molecule has 2 aromatic heterocycles. The van der Waals surface area contributed by atoms with Crippen molar-refractivity contribution in [3.8, 4) is 0 Å². The van der Waals surface area contributed by atoms with Crippen LogP contribution in [-0.4, -0.2) is 75.2 Å². The summed E-state index contributed by atoms with van der Waals surface area (Å²) in [7, 11) is 5.94. The van der Waals surface area contributed by atoms with Crippen LogP contribution < -0.4 is 0 Å². The molecular formula is C20H32N6O2. The zero-order valence-corrected chi connectivity index (χ0v) is 17.8. The quantitative estimate of drug-likeness (QED) is 0.749. The van der Waals surface area contributed by atoms with E-state index in [1.54, 1.807) is 4.68 Å². The summed E-state index contributed by atoms with van der Waals surface area (Å²) in [4.78, 5) is 17.2. The van der Waals surface area contributed by atoms with Crippen molar-refractivity contribution in [1.82, 2.24) is 29.4 Å². The molecule has 1 aliphatic rings. The molecule has 2 aromatic rings. The second-order valence-electron chi connectivity index (χ2n) is 7.92. The molecule has 0 radical (unpaired) electrons. The minimum absolute atomic E-state index is 0.0761. The number of hydrogen-bond donors (Lipinski definition) is 0. The summed E-state index contributed by atoms with van der Waals surface area (Å²) in [5, 5.41) is 8.88. The molecular weight excluding hydrogens is 356 g/mol. The molecule has 1 amide bonds. The van der Waals surface area contributed by atoms with Gasteiger partial charge in [0.1, 0.15) is 0 Å². The predicted octanol–water partition coefficient (Wildman–Crippen LogP) is 1.46. The topological polar surface area (TPSA) is 68.4 Å². The standard InChI is InChI=1S/C20H32N6O2/c1-14-15(2)22-26(16(14)3)8-7-19(27)25-9-10-28-18(13-23(4)5)20(25)17-11-21-24(6)12-17/h11-12,18,20H,7-10,13H2,1-6H3/t18-,20-/m0/s1. The van der Waals surface area contributed by atoms with E-state index in [0.29, 0.717) is 26.1 Å². The Bertz CT molecular complexity index is 825. The van der Waals surface area contributed by atoms with Gasteiger partial charge in [0.25, 0.3) is 0 Å². The molecule has 0 aliphatic carbocycles. The maximum absolute atomic E-state index is 13.2. The van der Waals surface area contributed by atoms with Gasteiger partial charge in [-0.25, -0.2) is 0 Å². The third-order valence-electron chi connectivity index (χ3n) is 5.56. The van der Waals surface area contributed by atoms with E-state index >= 15 is 0 Å². The monoisotopic (exact) mass is 388 g/mol. The van der Waals surface area contributed by atoms with Crippen molar-refractivity contribution in [2.45, 2.75) is 45.9 Å². The Balaban J connectivity index is 1.78. The molecule has 0 aromatic carbocycles. The number of nitrogens with zero attached hydrogens (tertiary/aromatic N) is 6. The average Bonchev–Trinajstić information content (AvgIpc) is 3.17. The van der Waals surface area contributed by atoms with Gasteiger partial charge in [0, 0.05) is 50.6 Å². The van der Waals surface area contributed by atoms with Crippen LogP contribution >= 0.6 is 0 Å². The van der Waals surface area contributed by atoms with E-state index in [-0.39, 0.29) is 18.1 Å². The lowest BCUT2D eigenvalue weighted by Crippen LogP contribution is -2.51. The molecule has 0 N–H and O–H groups in total. The van der Waals surface area contributed by atoms with Crippen molar-refractivity contribution in [2.24, 2.45) is 7.05 Å². The number of carbonyl (C=O) groups is 1. The van der Waals surface area contributed by atoms with Gasteiger partial charge in [-0.2, -0.15) is 10.2 Å². The molecule has 3 heterocycles. The summed E-state index contributed by atoms with van der Waals surface area (Å²) < 4.78 is 9.78. The van der Waals surface area contributed by atoms with Crippen molar-refractivity contribution < 1.29 is 9.53 Å². The summed E-state index contributed by atoms with van der Waals surface area (Å²) in [6.45, 7) is 8.63. The van der Waals surface area contributed by atoms with Gasteiger partial charge >= 0.3 is 0 Å². The molecule has 0 spiro atoms. The summed E-state index contributed by atoms with van der Waals surface area (Å²) in [5.74, 6) is 0.131. The maximum Gasteiger partial charge on any atom is 0.225 e. The highest BCUT2D eigenvalue weighted by Gasteiger charge is 2.37. The minimum Gasteiger partial charge on any atom is -0.373 e. The predicted molar refractivity (Wildman–Crippen MR) is 107 cm³/mol. The Morgan fingerprint density at radius 2 is 2.07 bits per heavy atom. The van der Waals surface area contributed by atoms with Crippen LogP contribution in [0.25, 0.3) is 0 Å². The van der Waals surface area contributed by atoms with Crippen molar-refractivity contribution in [1.29, 1.82) is 0 Å². The average molecular weight is 389 g/mol. The summed E-state index contributed by atoms with van der Waals surface area (Å²) in [6.07, 6.45) is 4.17. The molecule has 8 nitrogen and oxygen atoms in total. The first-order valence-corrected chi connectivity index (χ1v) is 9.83. The van der Waals surface area contributed by atoms with E-state index in [2.05, 4.69) is 28.9 Å². The van der Waals surface area contributed by atoms with Gasteiger partial charge in [-0.3, -0.25) is 14.2 Å². The highest BCUT2D eigenvalue weighted by molar-refractivity contribution is 5.77. The largest absolute Gasteiger partial charge is 0.373 e. The van der Waals surface area contributed by atoms with Gasteiger partial charge in [0.15, 0.2) is 0 Å². The number of amides is 1. The van der Waals surface area contributed by atoms with Crippen LogP contribution in [0.1, 0.15) is 35.0 Å². The van der Waals surface area contributed by atoms with Crippen molar-refractivity contribution in [3.05, 3.63) is 34.9 Å². The summed E-state index contributed by atoms with van der Waals surface area (Å²) in [5.41, 5.74) is 4.36. The Morgan fingerprint density at radius 1 is 1.32 bits per heavy atom. The van der Waals surface area contributed by atoms with Crippen molar-refractivity contribution in [3.63, 3.8) is 0 Å². The van der Waals surface area contributed by atoms with E-state index in [9.17, 15) is 4.79 Å². The molecule has 0 unspecified atom stereocenters. The van der Waals surface area contributed by atoms with Crippen LogP contribution in [-0.2, 0) is 23.1 Å². The van der Waals surface area contributed by atoms with E-state index in [1.807, 2.05) is 50.0 Å². The van der Waals surface area contributed by atoms with Gasteiger partial charge in [0.2, 0.25) is 5.91 Å². The highest BCUT2D eigenvalue weighted by atomic mass is 16.5. The molecule has 3 rings (SSSR count). The molecule has 8 heteroatoms. The number of aromatic nitrogens is 4. The number of likely N-dealkylation sites (N-methyl/N-ethyl adjacent to an activating group) is 1. The lowest BCUT2D eigenvalue weighted by molar-refractivity contribution is -0.148. The number of hydrogen-bond acceptors (Lipinski definition) is 5. The summed E-state index contributed by atoms with van der Waals surface area (Å²) >= 11 is 0. The van der Waals surface area contributed by atoms with Gasteiger partial charge < -0.3 is 14.5 Å². The fourth-order valence-corrected chi connectivity index (χ4v) is 3.86. The molecule has 1 fully saturated rings. The second-order valence-corrected chi connectivity index (χ2v) is 7.92. The molecule has 2 atom stereocenters. The normalized spacial score (nSPS) is 20.2. The third kappa shape index (κ3) is 4.28. The lowest BCUT2D eigenvalue weighted by atomic mass is 10.00. The number of rotatable bonds is 6. The zero-order chi connectivity index (χ0) is 20.4. The van der Waals surface area contributed by atoms with Crippen LogP contribution in [0.4, 0.5) is 0 Å². The van der Waals surface area contributed by atoms with E-state index in [4.69, 9.17) is 4.74 Å². The minimum atomic E-state index is -0.125. The zero-order valence-electron chi connectivity index (χ0n) is 17.8. The van der Waals surface area contributed by atoms with E-state index in [1.165, 1.54) is 5.56 Å². The van der Waals surface area contributed by atoms with Crippen LogP contribution in [0.3, 0.4) is 0 Å². The smallest absolute Gasteiger partial charge is 0.225 e. The van der Waals surface area contributed by atoms with Crippen molar-refractivity contribution >= 4 is 5.91 Å². The molecule has 154 valence electrons. The van der Waals surface area contributed by atoms with Gasteiger partial charge in [-0.05, 0) is 40.4 Å². The Hall–Kier alpha value is -2.19. The van der Waals surface area contributed by atoms with E-state index < -0.39 is 0 Å². The van der Waals surface area contributed by atoms with Gasteiger partial charge in [-0.1, -0.05) is 0 Å². The molecule has 1 aliphatic heterocycles. The number of morpholine rings is 1. The van der Waals surface area contributed by atoms with E-state index in [0.717, 1.165) is 23.5 Å². The molecule has 0 bridgehead atoms. The second kappa shape index (κ2) is 8.45. The van der Waals surface area contributed by atoms with Gasteiger partial charge in [-0.15, -0.1) is 0 Å². The SMILES string of the molecule is Cc1nn(CCC(=O)N2CCO[C@@H](CN(C)C)[C@@H]2c2cnn(C)c2)c(C)c1C. The van der Waals surface area contributed by atoms with Crippen LogP contribution in [0.5, 0.6) is 0 Å². The first-order valence-electron chi connectivity index (χ1n) is 9.83. The van der Waals surface area contributed by atoms with Crippen LogP contribution in [0.2, 0.25) is 0 Å². The number of ether oxygens (including phenoxy) is 1. The molecule has 28 heavy (non-hydrogen) atoms. The van der Waals surface area contributed by atoms with Crippen LogP contribution in [0.15, 0.2) is 12.4 Å². The van der Waals surface area contributed by atoms with Crippen LogP contribution in [0, 0.1) is 20.8 Å². The Labute approximate surface area is 167 Å². The highest BCUT2D eigenvalue weighted by Crippen LogP contribution is 2.30. The first kappa shape index (κ1) is 20.5. The van der Waals surface area contributed by atoms with Gasteiger partial charge in [0.05, 0.1) is 30.6 Å². The third-order valence-corrected chi connectivity index (χ3v) is 5.56. The lowest BCUT2D eigenvalue weighted by Gasteiger charge is -2.42. The Morgan fingerprint density at radius 3 is 2.64 bits per heavy atom. The molecule has 1 saturated heterocycles. The van der Waals surface area contributed by atoms with Crippen molar-refractivity contribution in [2.75, 3.05) is 33.8 Å². The Kier molecular flexibility index (Phi) is 6.20.